The van der Waals surface area contributed by atoms with Gasteiger partial charge >= 0.3 is 0 Å². The lowest BCUT2D eigenvalue weighted by Crippen LogP contribution is -2.69. The number of rotatable bonds is 6. The highest BCUT2D eigenvalue weighted by Crippen LogP contribution is 2.49. The zero-order valence-corrected chi connectivity index (χ0v) is 18.7. The Labute approximate surface area is 184 Å². The largest absolute Gasteiger partial charge is 0.388 e. The molecular formula is C22H26N3O5Si. The summed E-state index contributed by atoms with van der Waals surface area (Å²) in [6.07, 6.45) is -2.49. The van der Waals surface area contributed by atoms with Crippen LogP contribution in [0.25, 0.3) is 10.4 Å². The van der Waals surface area contributed by atoms with Gasteiger partial charge in [0.1, 0.15) is 23.9 Å². The van der Waals surface area contributed by atoms with Gasteiger partial charge in [0.05, 0.1) is 12.2 Å². The number of nitrogens with zero attached hydrogens (tertiary/aromatic N) is 3. The lowest BCUT2D eigenvalue weighted by molar-refractivity contribution is -0.343. The first-order valence-corrected chi connectivity index (χ1v) is 10.3. The first kappa shape index (κ1) is 23.4. The van der Waals surface area contributed by atoms with Gasteiger partial charge in [-0.2, -0.15) is 0 Å². The number of aliphatic hydroxyl groups is 2. The smallest absolute Gasteiger partial charge is 0.250 e. The lowest BCUT2D eigenvalue weighted by Gasteiger charge is -2.54. The number of benzene rings is 2. The number of aliphatic hydroxyl groups excluding tert-OH is 1. The third-order valence-corrected chi connectivity index (χ3v) is 5.62. The van der Waals surface area contributed by atoms with E-state index in [2.05, 4.69) is 20.5 Å². The summed E-state index contributed by atoms with van der Waals surface area (Å²) in [6, 6.07) is 16.0. The number of hydrogen-bond donors (Lipinski definition) is 2. The fourth-order valence-electron chi connectivity index (χ4n) is 3.83. The summed E-state index contributed by atoms with van der Waals surface area (Å²) >= 11 is 0. The summed E-state index contributed by atoms with van der Waals surface area (Å²) < 4.78 is 17.7. The Morgan fingerprint density at radius 3 is 2.13 bits per heavy atom. The van der Waals surface area contributed by atoms with Crippen molar-refractivity contribution in [3.05, 3.63) is 82.2 Å². The van der Waals surface area contributed by atoms with E-state index in [-0.39, 0.29) is 6.61 Å². The molecule has 0 saturated carbocycles. The van der Waals surface area contributed by atoms with Crippen molar-refractivity contribution in [2.24, 2.45) is 5.11 Å². The van der Waals surface area contributed by atoms with E-state index in [0.29, 0.717) is 11.1 Å². The molecule has 0 unspecified atom stereocenters. The molecule has 5 atom stereocenters. The van der Waals surface area contributed by atoms with Gasteiger partial charge in [0.15, 0.2) is 5.79 Å². The summed E-state index contributed by atoms with van der Waals surface area (Å²) in [5.41, 5.74) is 7.64. The second kappa shape index (κ2) is 9.10. The van der Waals surface area contributed by atoms with Crippen LogP contribution < -0.4 is 0 Å². The van der Waals surface area contributed by atoms with E-state index < -0.39 is 35.2 Å². The quantitative estimate of drug-likeness (QED) is 0.310. The van der Waals surface area contributed by atoms with Crippen molar-refractivity contribution in [1.82, 2.24) is 0 Å². The van der Waals surface area contributed by atoms with Crippen LogP contribution in [0.2, 0.25) is 0 Å². The summed E-state index contributed by atoms with van der Waals surface area (Å²) in [7, 11) is 3.10. The second-order valence-electron chi connectivity index (χ2n) is 8.46. The molecule has 0 amide bonds. The maximum atomic E-state index is 12.0. The third kappa shape index (κ3) is 4.39. The Bertz CT molecular complexity index is 878. The fraction of sp³-hybridized carbons (Fsp3) is 0.455. The highest BCUT2D eigenvalue weighted by Gasteiger charge is 2.63. The maximum absolute atomic E-state index is 12.0. The van der Waals surface area contributed by atoms with Crippen molar-refractivity contribution in [2.45, 2.75) is 56.0 Å². The Hall–Kier alpha value is -2.23. The number of azide groups is 1. The van der Waals surface area contributed by atoms with E-state index in [4.69, 9.17) is 13.9 Å². The monoisotopic (exact) mass is 440 g/mol. The Morgan fingerprint density at radius 1 is 1.10 bits per heavy atom. The molecule has 0 spiro atoms. The fourth-order valence-corrected chi connectivity index (χ4v) is 4.11. The Kier molecular flexibility index (Phi) is 6.87. The predicted octanol–water partition coefficient (Wildman–Crippen LogP) is 3.08. The first-order chi connectivity index (χ1) is 14.7. The van der Waals surface area contributed by atoms with Crippen LogP contribution in [0.4, 0.5) is 0 Å². The molecule has 0 bridgehead atoms. The van der Waals surface area contributed by atoms with Gasteiger partial charge in [-0.1, -0.05) is 65.8 Å². The molecule has 3 rings (SSSR count). The van der Waals surface area contributed by atoms with Crippen molar-refractivity contribution in [1.29, 1.82) is 0 Å². The molecule has 163 valence electrons. The van der Waals surface area contributed by atoms with Crippen LogP contribution in [0, 0.1) is 0 Å². The summed E-state index contributed by atoms with van der Waals surface area (Å²) in [5.74, 6) is -1.75. The first-order valence-electron chi connectivity index (χ1n) is 9.91. The van der Waals surface area contributed by atoms with Gasteiger partial charge in [-0.05, 0) is 31.9 Å². The molecule has 3 radical (unpaired) electrons. The number of hydrogen-bond acceptors (Lipinski definition) is 6. The van der Waals surface area contributed by atoms with Gasteiger partial charge in [0.2, 0.25) is 0 Å². The van der Waals surface area contributed by atoms with Crippen molar-refractivity contribution in [3.8, 4) is 0 Å². The van der Waals surface area contributed by atoms with Crippen LogP contribution in [-0.4, -0.2) is 51.2 Å². The Balaban J connectivity index is 2.22. The molecule has 1 saturated heterocycles. The third-order valence-electron chi connectivity index (χ3n) is 5.32. The van der Waals surface area contributed by atoms with E-state index in [9.17, 15) is 15.7 Å². The minimum absolute atomic E-state index is 0.0348. The zero-order chi connectivity index (χ0) is 22.7. The molecule has 2 aromatic carbocycles. The predicted molar refractivity (Wildman–Crippen MR) is 115 cm³/mol. The molecule has 31 heavy (non-hydrogen) atoms. The molecule has 1 aliphatic heterocycles. The van der Waals surface area contributed by atoms with E-state index in [0.717, 1.165) is 0 Å². The van der Waals surface area contributed by atoms with E-state index >= 15 is 0 Å². The minimum Gasteiger partial charge on any atom is -0.388 e. The summed E-state index contributed by atoms with van der Waals surface area (Å²) in [6.45, 7) is 5.59. The molecule has 0 aliphatic carbocycles. The van der Waals surface area contributed by atoms with Crippen LogP contribution in [0.3, 0.4) is 0 Å². The van der Waals surface area contributed by atoms with Crippen LogP contribution >= 0.6 is 0 Å². The van der Waals surface area contributed by atoms with E-state index in [1.165, 1.54) is 0 Å². The topological polar surface area (TPSA) is 117 Å². The van der Waals surface area contributed by atoms with Crippen LogP contribution in [0.15, 0.2) is 65.8 Å². The normalized spacial score (nSPS) is 31.1. The van der Waals surface area contributed by atoms with E-state index in [1.807, 2.05) is 26.8 Å². The van der Waals surface area contributed by atoms with Gasteiger partial charge in [0, 0.05) is 10.5 Å². The highest BCUT2D eigenvalue weighted by atomic mass is 28.2. The van der Waals surface area contributed by atoms with Crippen LogP contribution in [0.5, 0.6) is 0 Å². The SMILES string of the molecule is CC(C)(C)OC[C@H]1O[C@](O[Si])(c2ccccc2)[C@H](N=[N+]=[N-])[C@](O)(c2ccccc2)[C@@H]1O. The molecule has 1 aliphatic rings. The highest BCUT2D eigenvalue weighted by molar-refractivity contribution is 5.98. The molecule has 2 aromatic rings. The minimum atomic E-state index is -2.04. The molecule has 0 aromatic heterocycles. The van der Waals surface area contributed by atoms with Gasteiger partial charge in [-0.3, -0.25) is 0 Å². The summed E-state index contributed by atoms with van der Waals surface area (Å²) in [5, 5.41) is 27.1. The second-order valence-corrected chi connectivity index (χ2v) is 8.66. The zero-order valence-electron chi connectivity index (χ0n) is 17.7. The number of ether oxygens (including phenoxy) is 2. The summed E-state index contributed by atoms with van der Waals surface area (Å²) in [4.78, 5) is 2.93. The molecule has 8 nitrogen and oxygen atoms in total. The van der Waals surface area contributed by atoms with Crippen LogP contribution in [0.1, 0.15) is 31.9 Å². The Morgan fingerprint density at radius 2 is 1.65 bits per heavy atom. The molecule has 1 heterocycles. The van der Waals surface area contributed by atoms with Gasteiger partial charge in [0.25, 0.3) is 10.5 Å². The molecule has 1 fully saturated rings. The van der Waals surface area contributed by atoms with Crippen molar-refractivity contribution >= 4 is 10.5 Å². The lowest BCUT2D eigenvalue weighted by atomic mass is 9.72. The molecule has 2 N–H and O–H groups in total. The molecular weight excluding hydrogens is 414 g/mol. The maximum Gasteiger partial charge on any atom is 0.250 e. The van der Waals surface area contributed by atoms with Crippen molar-refractivity contribution in [3.63, 3.8) is 0 Å². The molecule has 9 heteroatoms. The van der Waals surface area contributed by atoms with E-state index in [1.54, 1.807) is 54.6 Å². The average Bonchev–Trinajstić information content (AvgIpc) is 2.77. The van der Waals surface area contributed by atoms with Crippen molar-refractivity contribution < 1.29 is 24.1 Å². The van der Waals surface area contributed by atoms with Gasteiger partial charge in [-0.15, -0.1) is 0 Å². The van der Waals surface area contributed by atoms with Gasteiger partial charge in [-0.25, -0.2) is 0 Å². The van der Waals surface area contributed by atoms with Gasteiger partial charge < -0.3 is 24.1 Å². The average molecular weight is 441 g/mol. The standard InChI is InChI=1S/C22H26N3O5Si/c1-20(2,3)28-14-17-18(26)21(27,15-10-6-4-7-11-15)19(24-25-23)22(29-17,30-31)16-12-8-5-9-13-16/h4-13,17-19,26-27H,14H2,1-3H3/t17-,18-,19-,21+,22+/m1/s1. The van der Waals surface area contributed by atoms with Crippen molar-refractivity contribution in [2.75, 3.05) is 6.61 Å². The van der Waals surface area contributed by atoms with Crippen LogP contribution in [-0.2, 0) is 25.3 Å².